The molecule has 0 fully saturated rings. The molecule has 0 heterocycles. The Morgan fingerprint density at radius 1 is 0.952 bits per heavy atom. The second kappa shape index (κ2) is 5.76. The molecular formula is C17H11Cl2NO. The monoisotopic (exact) mass is 315 g/mol. The zero-order valence-electron chi connectivity index (χ0n) is 10.9. The number of aliphatic imine (C=N–C) groups is 1. The number of fused-ring (bicyclic) bond motifs is 1. The van der Waals surface area contributed by atoms with Crippen molar-refractivity contribution in [3.8, 4) is 5.75 Å². The molecule has 0 bridgehead atoms. The van der Waals surface area contributed by atoms with Crippen LogP contribution in [0.4, 0.5) is 5.69 Å². The molecule has 0 aliphatic rings. The normalized spacial score (nSPS) is 11.3. The number of halogens is 2. The first-order valence-corrected chi connectivity index (χ1v) is 7.10. The lowest BCUT2D eigenvalue weighted by Gasteiger charge is -2.04. The molecule has 0 saturated carbocycles. The minimum absolute atomic E-state index is 0.0231. The van der Waals surface area contributed by atoms with Gasteiger partial charge in [0.25, 0.3) is 0 Å². The Hall–Kier alpha value is -2.03. The lowest BCUT2D eigenvalue weighted by atomic mass is 10.1. The summed E-state index contributed by atoms with van der Waals surface area (Å²) in [6.45, 7) is 0. The topological polar surface area (TPSA) is 32.6 Å². The molecule has 0 radical (unpaired) electrons. The van der Waals surface area contributed by atoms with Crippen molar-refractivity contribution in [3.05, 3.63) is 70.2 Å². The molecule has 4 heteroatoms. The summed E-state index contributed by atoms with van der Waals surface area (Å²) in [5.41, 5.74) is 1.31. The Balaban J connectivity index is 2.06. The average molecular weight is 316 g/mol. The summed E-state index contributed by atoms with van der Waals surface area (Å²) >= 11 is 11.8. The number of rotatable bonds is 2. The molecule has 3 aromatic rings. The van der Waals surface area contributed by atoms with E-state index in [0.717, 1.165) is 16.5 Å². The van der Waals surface area contributed by atoms with Crippen molar-refractivity contribution in [2.75, 3.05) is 0 Å². The first-order chi connectivity index (χ1) is 10.1. The summed E-state index contributed by atoms with van der Waals surface area (Å²) in [5.74, 6) is -0.0231. The van der Waals surface area contributed by atoms with Gasteiger partial charge < -0.3 is 5.11 Å². The quantitative estimate of drug-likeness (QED) is 0.613. The van der Waals surface area contributed by atoms with Crippen molar-refractivity contribution in [3.63, 3.8) is 0 Å². The number of nitrogens with zero attached hydrogens (tertiary/aromatic N) is 1. The van der Waals surface area contributed by atoms with Gasteiger partial charge in [-0.2, -0.15) is 0 Å². The summed E-state index contributed by atoms with van der Waals surface area (Å²) < 4.78 is 0. The Morgan fingerprint density at radius 3 is 2.57 bits per heavy atom. The molecule has 3 rings (SSSR count). The average Bonchev–Trinajstić information content (AvgIpc) is 2.49. The SMILES string of the molecule is Oc1c(Cl)cc(Cl)cc1C=Nc1cccc2ccccc12. The molecule has 2 nitrogen and oxygen atoms in total. The van der Waals surface area contributed by atoms with E-state index in [-0.39, 0.29) is 10.8 Å². The van der Waals surface area contributed by atoms with Gasteiger partial charge in [0, 0.05) is 22.2 Å². The second-order valence-electron chi connectivity index (χ2n) is 4.58. The van der Waals surface area contributed by atoms with Gasteiger partial charge in [0.2, 0.25) is 0 Å². The molecule has 0 atom stereocenters. The highest BCUT2D eigenvalue weighted by Crippen LogP contribution is 2.31. The molecule has 0 saturated heterocycles. The number of aromatic hydroxyl groups is 1. The fourth-order valence-corrected chi connectivity index (χ4v) is 2.65. The Kier molecular flexibility index (Phi) is 3.82. The fraction of sp³-hybridized carbons (Fsp3) is 0. The first kappa shape index (κ1) is 13.9. The van der Waals surface area contributed by atoms with Crippen molar-refractivity contribution < 1.29 is 5.11 Å². The van der Waals surface area contributed by atoms with E-state index in [1.165, 1.54) is 6.07 Å². The van der Waals surface area contributed by atoms with Crippen molar-refractivity contribution in [1.29, 1.82) is 0 Å². The Labute approximate surface area is 132 Å². The molecule has 0 aliphatic heterocycles. The maximum absolute atomic E-state index is 9.93. The summed E-state index contributed by atoms with van der Waals surface area (Å²) in [6.07, 6.45) is 1.56. The van der Waals surface area contributed by atoms with Gasteiger partial charge in [0.15, 0.2) is 0 Å². The van der Waals surface area contributed by atoms with Gasteiger partial charge in [-0.15, -0.1) is 0 Å². The van der Waals surface area contributed by atoms with Crippen LogP contribution in [-0.4, -0.2) is 11.3 Å². The third kappa shape index (κ3) is 2.87. The number of benzene rings is 3. The zero-order chi connectivity index (χ0) is 14.8. The predicted molar refractivity (Wildman–Crippen MR) is 89.3 cm³/mol. The third-order valence-electron chi connectivity index (χ3n) is 3.17. The zero-order valence-corrected chi connectivity index (χ0v) is 12.4. The highest BCUT2D eigenvalue weighted by atomic mass is 35.5. The van der Waals surface area contributed by atoms with E-state index < -0.39 is 0 Å². The highest BCUT2D eigenvalue weighted by Gasteiger charge is 2.06. The number of phenols is 1. The van der Waals surface area contributed by atoms with Crippen LogP contribution in [0, 0.1) is 0 Å². The van der Waals surface area contributed by atoms with Crippen LogP contribution in [0.2, 0.25) is 10.0 Å². The van der Waals surface area contributed by atoms with E-state index >= 15 is 0 Å². The lowest BCUT2D eigenvalue weighted by Crippen LogP contribution is -1.84. The first-order valence-electron chi connectivity index (χ1n) is 6.35. The van der Waals surface area contributed by atoms with Crippen LogP contribution in [0.1, 0.15) is 5.56 Å². The van der Waals surface area contributed by atoms with Crippen LogP contribution in [-0.2, 0) is 0 Å². The largest absolute Gasteiger partial charge is 0.506 e. The number of phenolic OH excluding ortho intramolecular Hbond substituents is 1. The minimum Gasteiger partial charge on any atom is -0.506 e. The van der Waals surface area contributed by atoms with Crippen molar-refractivity contribution in [2.24, 2.45) is 4.99 Å². The van der Waals surface area contributed by atoms with Gasteiger partial charge in [0.05, 0.1) is 10.7 Å². The van der Waals surface area contributed by atoms with Gasteiger partial charge in [-0.3, -0.25) is 4.99 Å². The molecule has 0 aromatic heterocycles. The van der Waals surface area contributed by atoms with Crippen LogP contribution >= 0.6 is 23.2 Å². The number of hydrogen-bond acceptors (Lipinski definition) is 2. The van der Waals surface area contributed by atoms with E-state index in [9.17, 15) is 5.11 Å². The number of hydrogen-bond donors (Lipinski definition) is 1. The fourth-order valence-electron chi connectivity index (χ4n) is 2.14. The van der Waals surface area contributed by atoms with Crippen LogP contribution in [0.15, 0.2) is 59.6 Å². The van der Waals surface area contributed by atoms with Gasteiger partial charge in [-0.05, 0) is 23.6 Å². The molecular weight excluding hydrogens is 305 g/mol. The van der Waals surface area contributed by atoms with E-state index in [2.05, 4.69) is 4.99 Å². The highest BCUT2D eigenvalue weighted by molar-refractivity contribution is 6.36. The molecule has 0 aliphatic carbocycles. The predicted octanol–water partition coefficient (Wildman–Crippen LogP) is 5.60. The van der Waals surface area contributed by atoms with Crippen molar-refractivity contribution in [1.82, 2.24) is 0 Å². The molecule has 0 spiro atoms. The van der Waals surface area contributed by atoms with Gasteiger partial charge in [0.1, 0.15) is 5.75 Å². The van der Waals surface area contributed by atoms with Gasteiger partial charge in [-0.1, -0.05) is 59.6 Å². The van der Waals surface area contributed by atoms with Gasteiger partial charge in [-0.25, -0.2) is 0 Å². The van der Waals surface area contributed by atoms with Crippen LogP contribution < -0.4 is 0 Å². The second-order valence-corrected chi connectivity index (χ2v) is 5.43. The molecule has 0 amide bonds. The maximum atomic E-state index is 9.93. The van der Waals surface area contributed by atoms with Crippen molar-refractivity contribution >= 4 is 45.9 Å². The summed E-state index contributed by atoms with van der Waals surface area (Å²) in [4.78, 5) is 4.45. The molecule has 0 unspecified atom stereocenters. The van der Waals surface area contributed by atoms with Crippen LogP contribution in [0.3, 0.4) is 0 Å². The van der Waals surface area contributed by atoms with E-state index in [1.54, 1.807) is 12.3 Å². The Morgan fingerprint density at radius 2 is 1.71 bits per heavy atom. The molecule has 104 valence electrons. The van der Waals surface area contributed by atoms with Crippen LogP contribution in [0.5, 0.6) is 5.75 Å². The van der Waals surface area contributed by atoms with Crippen LogP contribution in [0.25, 0.3) is 10.8 Å². The molecule has 21 heavy (non-hydrogen) atoms. The van der Waals surface area contributed by atoms with E-state index in [1.807, 2.05) is 42.5 Å². The van der Waals surface area contributed by atoms with E-state index in [4.69, 9.17) is 23.2 Å². The third-order valence-corrected chi connectivity index (χ3v) is 3.67. The lowest BCUT2D eigenvalue weighted by molar-refractivity contribution is 0.475. The standard InChI is InChI=1S/C17H11Cl2NO/c18-13-8-12(17(21)15(19)9-13)10-20-16-7-3-5-11-4-1-2-6-14(11)16/h1-10,21H. The Bertz CT molecular complexity index is 838. The van der Waals surface area contributed by atoms with E-state index in [0.29, 0.717) is 10.6 Å². The summed E-state index contributed by atoms with van der Waals surface area (Å²) in [6, 6.07) is 17.0. The van der Waals surface area contributed by atoms with Gasteiger partial charge >= 0.3 is 0 Å². The molecule has 1 N–H and O–H groups in total. The summed E-state index contributed by atoms with van der Waals surface area (Å²) in [5, 5.41) is 12.8. The molecule has 3 aromatic carbocycles. The maximum Gasteiger partial charge on any atom is 0.143 e. The summed E-state index contributed by atoms with van der Waals surface area (Å²) in [7, 11) is 0. The van der Waals surface area contributed by atoms with Crippen molar-refractivity contribution in [2.45, 2.75) is 0 Å². The minimum atomic E-state index is -0.0231. The smallest absolute Gasteiger partial charge is 0.143 e.